The van der Waals surface area contributed by atoms with Gasteiger partial charge >= 0.3 is 0 Å². The number of hydrogen-bond acceptors (Lipinski definition) is 2. The zero-order valence-corrected chi connectivity index (χ0v) is 12.5. The van der Waals surface area contributed by atoms with Crippen molar-refractivity contribution in [1.29, 1.82) is 0 Å². The number of para-hydroxylation sites is 1. The van der Waals surface area contributed by atoms with Crippen LogP contribution in [-0.4, -0.2) is 0 Å². The number of halogens is 3. The van der Waals surface area contributed by atoms with E-state index in [2.05, 4.69) is 0 Å². The summed E-state index contributed by atoms with van der Waals surface area (Å²) in [5, 5.41) is 2.58. The molecule has 0 bridgehead atoms. The van der Waals surface area contributed by atoms with E-state index >= 15 is 0 Å². The molecule has 2 aromatic carbocycles. The normalized spacial score (nSPS) is 12.8. The van der Waals surface area contributed by atoms with E-state index in [0.717, 1.165) is 5.39 Å². The third-order valence-corrected chi connectivity index (χ3v) is 3.99. The van der Waals surface area contributed by atoms with Gasteiger partial charge in [0.25, 0.3) is 0 Å². The summed E-state index contributed by atoms with van der Waals surface area (Å²) in [6.45, 7) is 0. The van der Waals surface area contributed by atoms with Crippen LogP contribution in [0.1, 0.15) is 17.4 Å². The molecule has 2 N–H and O–H groups in total. The van der Waals surface area contributed by atoms with Crippen molar-refractivity contribution in [2.24, 2.45) is 5.73 Å². The second-order valence-corrected chi connectivity index (χ2v) is 5.70. The highest BCUT2D eigenvalue weighted by molar-refractivity contribution is 6.35. The molecule has 0 aliphatic rings. The van der Waals surface area contributed by atoms with Crippen LogP contribution in [0.4, 0.5) is 0 Å². The highest BCUT2D eigenvalue weighted by atomic mass is 35.5. The predicted molar refractivity (Wildman–Crippen MR) is 83.7 cm³/mol. The molecular formula is C15H10Cl3NO. The van der Waals surface area contributed by atoms with Gasteiger partial charge in [0.15, 0.2) is 5.58 Å². The van der Waals surface area contributed by atoms with Crippen molar-refractivity contribution in [3.63, 3.8) is 0 Å². The van der Waals surface area contributed by atoms with Crippen LogP contribution in [0, 0.1) is 0 Å². The minimum atomic E-state index is -0.496. The van der Waals surface area contributed by atoms with Crippen LogP contribution in [0.2, 0.25) is 15.1 Å². The Hall–Kier alpha value is -1.19. The van der Waals surface area contributed by atoms with Gasteiger partial charge in [0.2, 0.25) is 0 Å². The van der Waals surface area contributed by atoms with Crippen molar-refractivity contribution in [1.82, 2.24) is 0 Å². The van der Waals surface area contributed by atoms with E-state index in [1.165, 1.54) is 0 Å². The maximum atomic E-state index is 6.22. The molecular weight excluding hydrogens is 317 g/mol. The Morgan fingerprint density at radius 2 is 1.75 bits per heavy atom. The van der Waals surface area contributed by atoms with E-state index in [4.69, 9.17) is 45.0 Å². The lowest BCUT2D eigenvalue weighted by Crippen LogP contribution is -2.11. The summed E-state index contributed by atoms with van der Waals surface area (Å²) in [7, 11) is 0. The van der Waals surface area contributed by atoms with E-state index < -0.39 is 6.04 Å². The Labute approximate surface area is 131 Å². The van der Waals surface area contributed by atoms with Crippen molar-refractivity contribution < 1.29 is 4.42 Å². The lowest BCUT2D eigenvalue weighted by Gasteiger charge is -2.11. The van der Waals surface area contributed by atoms with E-state index in [9.17, 15) is 0 Å². The summed E-state index contributed by atoms with van der Waals surface area (Å²) >= 11 is 18.2. The third kappa shape index (κ3) is 2.40. The zero-order valence-electron chi connectivity index (χ0n) is 10.2. The van der Waals surface area contributed by atoms with Gasteiger partial charge in [0.1, 0.15) is 5.76 Å². The number of rotatable bonds is 2. The number of furan rings is 1. The van der Waals surface area contributed by atoms with Crippen LogP contribution in [0.25, 0.3) is 11.0 Å². The molecule has 0 radical (unpaired) electrons. The molecule has 0 amide bonds. The third-order valence-electron chi connectivity index (χ3n) is 3.11. The first-order valence-electron chi connectivity index (χ1n) is 5.95. The standard InChI is InChI=1S/C15H10Cl3NO/c16-9-4-5-11(17)10(7-9)14(19)13-6-8-2-1-3-12(18)15(8)20-13/h1-7,14H,19H2. The maximum absolute atomic E-state index is 6.22. The van der Waals surface area contributed by atoms with Gasteiger partial charge in [0, 0.05) is 15.4 Å². The van der Waals surface area contributed by atoms with Gasteiger partial charge in [-0.1, -0.05) is 46.9 Å². The highest BCUT2D eigenvalue weighted by Crippen LogP contribution is 2.34. The second-order valence-electron chi connectivity index (χ2n) is 4.45. The van der Waals surface area contributed by atoms with Crippen molar-refractivity contribution in [3.8, 4) is 0 Å². The van der Waals surface area contributed by atoms with Gasteiger partial charge in [-0.25, -0.2) is 0 Å². The fourth-order valence-corrected chi connectivity index (χ4v) is 2.74. The van der Waals surface area contributed by atoms with Gasteiger partial charge in [-0.2, -0.15) is 0 Å². The lowest BCUT2D eigenvalue weighted by atomic mass is 10.1. The van der Waals surface area contributed by atoms with Gasteiger partial charge in [0.05, 0.1) is 11.1 Å². The average molecular weight is 327 g/mol. The molecule has 1 unspecified atom stereocenters. The van der Waals surface area contributed by atoms with Crippen molar-refractivity contribution in [2.45, 2.75) is 6.04 Å². The van der Waals surface area contributed by atoms with Gasteiger partial charge < -0.3 is 10.2 Å². The number of benzene rings is 2. The van der Waals surface area contributed by atoms with Crippen LogP contribution >= 0.6 is 34.8 Å². The minimum absolute atomic E-state index is 0.496. The molecule has 1 aromatic heterocycles. The van der Waals surface area contributed by atoms with Crippen LogP contribution in [-0.2, 0) is 0 Å². The molecule has 1 heterocycles. The zero-order chi connectivity index (χ0) is 14.3. The molecule has 102 valence electrons. The largest absolute Gasteiger partial charge is 0.457 e. The van der Waals surface area contributed by atoms with E-state index in [-0.39, 0.29) is 0 Å². The van der Waals surface area contributed by atoms with E-state index in [1.807, 2.05) is 18.2 Å². The van der Waals surface area contributed by atoms with Gasteiger partial charge in [-0.05, 0) is 35.9 Å². The summed E-state index contributed by atoms with van der Waals surface area (Å²) in [5.74, 6) is 0.595. The van der Waals surface area contributed by atoms with Crippen LogP contribution in [0.15, 0.2) is 46.9 Å². The van der Waals surface area contributed by atoms with Crippen molar-refractivity contribution >= 4 is 45.8 Å². The minimum Gasteiger partial charge on any atom is -0.457 e. The fourth-order valence-electron chi connectivity index (χ4n) is 2.11. The molecule has 0 aliphatic heterocycles. The molecule has 0 fully saturated rings. The number of nitrogens with two attached hydrogens (primary N) is 1. The topological polar surface area (TPSA) is 39.2 Å². The van der Waals surface area contributed by atoms with Crippen LogP contribution in [0.3, 0.4) is 0 Å². The molecule has 2 nitrogen and oxygen atoms in total. The summed E-state index contributed by atoms with van der Waals surface area (Å²) in [5.41, 5.74) is 7.56. The molecule has 3 rings (SSSR count). The molecule has 0 spiro atoms. The van der Waals surface area contributed by atoms with Crippen molar-refractivity contribution in [2.75, 3.05) is 0 Å². The molecule has 20 heavy (non-hydrogen) atoms. The van der Waals surface area contributed by atoms with Gasteiger partial charge in [-0.15, -0.1) is 0 Å². The van der Waals surface area contributed by atoms with E-state index in [1.54, 1.807) is 24.3 Å². The van der Waals surface area contributed by atoms with Crippen LogP contribution in [0.5, 0.6) is 0 Å². The maximum Gasteiger partial charge on any atom is 0.152 e. The van der Waals surface area contributed by atoms with Gasteiger partial charge in [-0.3, -0.25) is 0 Å². The Kier molecular flexibility index (Phi) is 3.65. The predicted octanol–water partition coefficient (Wildman–Crippen LogP) is 5.44. The molecule has 5 heteroatoms. The molecule has 1 atom stereocenters. The Bertz CT molecular complexity index is 782. The molecule has 0 saturated heterocycles. The van der Waals surface area contributed by atoms with Crippen molar-refractivity contribution in [3.05, 3.63) is 68.9 Å². The summed E-state index contributed by atoms with van der Waals surface area (Å²) in [4.78, 5) is 0. The monoisotopic (exact) mass is 325 g/mol. The lowest BCUT2D eigenvalue weighted by molar-refractivity contribution is 0.525. The molecule has 0 saturated carbocycles. The number of hydrogen-bond donors (Lipinski definition) is 1. The Morgan fingerprint density at radius 1 is 0.950 bits per heavy atom. The SMILES string of the molecule is NC(c1cc2cccc(Cl)c2o1)c1cc(Cl)ccc1Cl. The first kappa shape index (κ1) is 13.8. The quantitative estimate of drug-likeness (QED) is 0.681. The summed E-state index contributed by atoms with van der Waals surface area (Å²) in [6, 6.07) is 12.1. The Balaban J connectivity index is 2.10. The van der Waals surface area contributed by atoms with E-state index in [0.29, 0.717) is 32.0 Å². The smallest absolute Gasteiger partial charge is 0.152 e. The molecule has 0 aliphatic carbocycles. The average Bonchev–Trinajstić information content (AvgIpc) is 2.86. The fraction of sp³-hybridized carbons (Fsp3) is 0.0667. The number of fused-ring (bicyclic) bond motifs is 1. The first-order chi connectivity index (χ1) is 9.56. The van der Waals surface area contributed by atoms with Crippen LogP contribution < -0.4 is 5.73 Å². The first-order valence-corrected chi connectivity index (χ1v) is 7.08. The summed E-state index contributed by atoms with van der Waals surface area (Å²) < 4.78 is 5.75. The second kappa shape index (κ2) is 5.30. The molecule has 3 aromatic rings. The summed E-state index contributed by atoms with van der Waals surface area (Å²) in [6.07, 6.45) is 0. The Morgan fingerprint density at radius 3 is 2.50 bits per heavy atom. The highest BCUT2D eigenvalue weighted by Gasteiger charge is 2.18.